The van der Waals surface area contributed by atoms with Crippen LogP contribution in [0.3, 0.4) is 0 Å². The molecular weight excluding hydrogens is 144 g/mol. The van der Waals surface area contributed by atoms with E-state index >= 15 is 0 Å². The Labute approximate surface area is 66.1 Å². The standard InChI is InChI=1S/C7H14N2O2/c1-5-7(9-2,6(8)10)3-4-11-5/h5,9H,3-4H2,1-2H3,(H2,8,10). The van der Waals surface area contributed by atoms with Gasteiger partial charge in [-0.1, -0.05) is 0 Å². The van der Waals surface area contributed by atoms with Crippen molar-refractivity contribution in [3.63, 3.8) is 0 Å². The number of ether oxygens (including phenoxy) is 1. The van der Waals surface area contributed by atoms with E-state index in [0.29, 0.717) is 13.0 Å². The van der Waals surface area contributed by atoms with Crippen LogP contribution in [0, 0.1) is 0 Å². The van der Waals surface area contributed by atoms with Crippen LogP contribution in [0.2, 0.25) is 0 Å². The molecule has 0 aromatic heterocycles. The zero-order valence-electron chi connectivity index (χ0n) is 6.89. The van der Waals surface area contributed by atoms with Crippen molar-refractivity contribution in [1.29, 1.82) is 0 Å². The molecule has 1 fully saturated rings. The van der Waals surface area contributed by atoms with Crippen molar-refractivity contribution in [3.8, 4) is 0 Å². The first-order chi connectivity index (χ1) is 5.13. The van der Waals surface area contributed by atoms with Crippen LogP contribution in [-0.2, 0) is 9.53 Å². The highest BCUT2D eigenvalue weighted by atomic mass is 16.5. The van der Waals surface area contributed by atoms with Crippen molar-refractivity contribution in [3.05, 3.63) is 0 Å². The van der Waals surface area contributed by atoms with Gasteiger partial charge in [0.05, 0.1) is 6.10 Å². The molecule has 1 heterocycles. The van der Waals surface area contributed by atoms with Gasteiger partial charge in [0.2, 0.25) is 5.91 Å². The van der Waals surface area contributed by atoms with Gasteiger partial charge in [0.15, 0.2) is 0 Å². The predicted molar refractivity (Wildman–Crippen MR) is 41.0 cm³/mol. The maximum absolute atomic E-state index is 11.0. The maximum atomic E-state index is 11.0. The van der Waals surface area contributed by atoms with Gasteiger partial charge in [-0.3, -0.25) is 4.79 Å². The minimum Gasteiger partial charge on any atom is -0.376 e. The largest absolute Gasteiger partial charge is 0.376 e. The Morgan fingerprint density at radius 1 is 1.82 bits per heavy atom. The van der Waals surface area contributed by atoms with Gasteiger partial charge >= 0.3 is 0 Å². The summed E-state index contributed by atoms with van der Waals surface area (Å²) in [6, 6.07) is 0. The molecule has 0 aliphatic carbocycles. The molecule has 0 radical (unpaired) electrons. The third-order valence-electron chi connectivity index (χ3n) is 2.44. The highest BCUT2D eigenvalue weighted by molar-refractivity contribution is 5.85. The van der Waals surface area contributed by atoms with Crippen LogP contribution >= 0.6 is 0 Å². The number of rotatable bonds is 2. The van der Waals surface area contributed by atoms with Gasteiger partial charge in [-0.05, 0) is 14.0 Å². The van der Waals surface area contributed by atoms with Crippen LogP contribution in [-0.4, -0.2) is 31.2 Å². The number of hydrogen-bond acceptors (Lipinski definition) is 3. The summed E-state index contributed by atoms with van der Waals surface area (Å²) >= 11 is 0. The van der Waals surface area contributed by atoms with Gasteiger partial charge in [0, 0.05) is 13.0 Å². The number of nitrogens with two attached hydrogens (primary N) is 1. The molecule has 1 aliphatic heterocycles. The van der Waals surface area contributed by atoms with Crippen LogP contribution in [0.1, 0.15) is 13.3 Å². The monoisotopic (exact) mass is 158 g/mol. The summed E-state index contributed by atoms with van der Waals surface area (Å²) in [5, 5.41) is 2.93. The second-order valence-corrected chi connectivity index (χ2v) is 2.85. The highest BCUT2D eigenvalue weighted by Crippen LogP contribution is 2.24. The molecule has 4 nitrogen and oxygen atoms in total. The lowest BCUT2D eigenvalue weighted by molar-refractivity contribution is -0.126. The van der Waals surface area contributed by atoms with E-state index in [-0.39, 0.29) is 12.0 Å². The number of likely N-dealkylation sites (N-methyl/N-ethyl adjacent to an activating group) is 1. The third kappa shape index (κ3) is 1.12. The van der Waals surface area contributed by atoms with E-state index in [9.17, 15) is 4.79 Å². The summed E-state index contributed by atoms with van der Waals surface area (Å²) in [4.78, 5) is 11.0. The Morgan fingerprint density at radius 3 is 2.64 bits per heavy atom. The summed E-state index contributed by atoms with van der Waals surface area (Å²) in [6.45, 7) is 2.46. The van der Waals surface area contributed by atoms with Crippen LogP contribution < -0.4 is 11.1 Å². The molecule has 64 valence electrons. The molecule has 3 N–H and O–H groups in total. The number of amides is 1. The van der Waals surface area contributed by atoms with E-state index in [0.717, 1.165) is 0 Å². The van der Waals surface area contributed by atoms with Gasteiger partial charge in [0.25, 0.3) is 0 Å². The van der Waals surface area contributed by atoms with Gasteiger partial charge in [-0.15, -0.1) is 0 Å². The van der Waals surface area contributed by atoms with Crippen LogP contribution in [0.5, 0.6) is 0 Å². The fraction of sp³-hybridized carbons (Fsp3) is 0.857. The number of carbonyl (C=O) groups excluding carboxylic acids is 1. The molecule has 11 heavy (non-hydrogen) atoms. The minimum absolute atomic E-state index is 0.120. The molecule has 2 unspecified atom stereocenters. The van der Waals surface area contributed by atoms with Gasteiger partial charge < -0.3 is 15.8 Å². The van der Waals surface area contributed by atoms with E-state index in [4.69, 9.17) is 10.5 Å². The van der Waals surface area contributed by atoms with E-state index < -0.39 is 5.54 Å². The third-order valence-corrected chi connectivity index (χ3v) is 2.44. The molecule has 0 spiro atoms. The van der Waals surface area contributed by atoms with E-state index in [1.165, 1.54) is 0 Å². The number of carbonyl (C=O) groups is 1. The molecular formula is C7H14N2O2. The average molecular weight is 158 g/mol. The Kier molecular flexibility index (Phi) is 2.15. The van der Waals surface area contributed by atoms with Crippen molar-refractivity contribution < 1.29 is 9.53 Å². The second-order valence-electron chi connectivity index (χ2n) is 2.85. The lowest BCUT2D eigenvalue weighted by Crippen LogP contribution is -2.58. The van der Waals surface area contributed by atoms with Gasteiger partial charge in [-0.2, -0.15) is 0 Å². The molecule has 1 amide bonds. The molecule has 1 aliphatic rings. The molecule has 4 heteroatoms. The Bertz CT molecular complexity index is 172. The predicted octanol–water partition coefficient (Wildman–Crippen LogP) is -0.761. The molecule has 1 saturated heterocycles. The first-order valence-corrected chi connectivity index (χ1v) is 3.74. The zero-order valence-corrected chi connectivity index (χ0v) is 6.89. The molecule has 0 aromatic carbocycles. The van der Waals surface area contributed by atoms with Crippen molar-refractivity contribution >= 4 is 5.91 Å². The lowest BCUT2D eigenvalue weighted by atomic mass is 9.92. The SMILES string of the molecule is CNC1(C(N)=O)CCOC1C. The Morgan fingerprint density at radius 2 is 2.45 bits per heavy atom. The fourth-order valence-electron chi connectivity index (χ4n) is 1.52. The molecule has 0 aromatic rings. The van der Waals surface area contributed by atoms with Crippen LogP contribution in [0.15, 0.2) is 0 Å². The summed E-state index contributed by atoms with van der Waals surface area (Å²) < 4.78 is 5.26. The van der Waals surface area contributed by atoms with Gasteiger partial charge in [-0.25, -0.2) is 0 Å². The Balaban J connectivity index is 2.82. The molecule has 0 bridgehead atoms. The van der Waals surface area contributed by atoms with Crippen LogP contribution in [0.25, 0.3) is 0 Å². The topological polar surface area (TPSA) is 64.3 Å². The van der Waals surface area contributed by atoms with Gasteiger partial charge in [0.1, 0.15) is 5.54 Å². The summed E-state index contributed by atoms with van der Waals surface area (Å²) in [5.41, 5.74) is 4.61. The van der Waals surface area contributed by atoms with E-state index in [1.807, 2.05) is 6.92 Å². The summed E-state index contributed by atoms with van der Waals surface area (Å²) in [5.74, 6) is -0.329. The molecule has 0 saturated carbocycles. The molecule has 1 rings (SSSR count). The van der Waals surface area contributed by atoms with Crippen molar-refractivity contribution in [1.82, 2.24) is 5.32 Å². The number of nitrogens with one attached hydrogen (secondary N) is 1. The minimum atomic E-state index is -0.639. The second kappa shape index (κ2) is 2.79. The maximum Gasteiger partial charge on any atom is 0.240 e. The Hall–Kier alpha value is -0.610. The fourth-order valence-corrected chi connectivity index (χ4v) is 1.52. The zero-order chi connectivity index (χ0) is 8.48. The van der Waals surface area contributed by atoms with E-state index in [2.05, 4.69) is 5.32 Å². The average Bonchev–Trinajstić information content (AvgIpc) is 2.32. The van der Waals surface area contributed by atoms with Crippen molar-refractivity contribution in [2.24, 2.45) is 5.73 Å². The summed E-state index contributed by atoms with van der Waals surface area (Å²) in [6.07, 6.45) is 0.546. The number of hydrogen-bond donors (Lipinski definition) is 2. The highest BCUT2D eigenvalue weighted by Gasteiger charge is 2.45. The smallest absolute Gasteiger partial charge is 0.240 e. The molecule has 2 atom stereocenters. The summed E-state index contributed by atoms with van der Waals surface area (Å²) in [7, 11) is 1.73. The van der Waals surface area contributed by atoms with E-state index in [1.54, 1.807) is 7.05 Å². The lowest BCUT2D eigenvalue weighted by Gasteiger charge is -2.27. The number of primary amides is 1. The first kappa shape index (κ1) is 8.49. The first-order valence-electron chi connectivity index (χ1n) is 3.74. The van der Waals surface area contributed by atoms with Crippen molar-refractivity contribution in [2.45, 2.75) is 25.0 Å². The van der Waals surface area contributed by atoms with Crippen molar-refractivity contribution in [2.75, 3.05) is 13.7 Å². The normalized spacial score (nSPS) is 37.5. The quantitative estimate of drug-likeness (QED) is 0.555. The van der Waals surface area contributed by atoms with Crippen LogP contribution in [0.4, 0.5) is 0 Å².